The molecule has 0 spiro atoms. The van der Waals surface area contributed by atoms with Crippen LogP contribution in [0.2, 0.25) is 0 Å². The summed E-state index contributed by atoms with van der Waals surface area (Å²) in [5.74, 6) is 1.49. The number of hydrogen-bond acceptors (Lipinski definition) is 17. The maximum atomic E-state index is 12.0. The van der Waals surface area contributed by atoms with Crippen molar-refractivity contribution < 1.29 is 38.4 Å². The molecular formula is C43H64Br4N12O10. The monoisotopic (exact) mass is 1220 g/mol. The third-order valence-corrected chi connectivity index (χ3v) is 12.0. The Kier molecular flexibility index (Phi) is 23.7. The SMILES string of the molecule is C.CC(C)(C)OC(=O)N1CCN(c2ncc(N)cc2Br)CC1.CC(C)(C)OC(=O)N1CCN(c2ncc([N+](=O)[O-])cc2Br)CC1.CC(C)(C)OC(=O)N1CCNCC1.O=[N+]([O-])c1cnc(Br)c(Br)c1. The fraction of sp³-hybridized carbons (Fsp3) is 0.581. The van der Waals surface area contributed by atoms with Crippen molar-refractivity contribution >= 4 is 111 Å². The van der Waals surface area contributed by atoms with E-state index in [1.807, 2.05) is 73.3 Å². The molecule has 6 heterocycles. The molecule has 0 aliphatic carbocycles. The van der Waals surface area contributed by atoms with Crippen molar-refractivity contribution in [3.05, 3.63) is 75.0 Å². The van der Waals surface area contributed by atoms with E-state index in [1.54, 1.807) is 20.9 Å². The summed E-state index contributed by atoms with van der Waals surface area (Å²) >= 11 is 13.0. The zero-order valence-electron chi connectivity index (χ0n) is 39.6. The number of nitrogens with zero attached hydrogens (tertiary/aromatic N) is 10. The number of pyridine rings is 3. The molecule has 3 aliphatic heterocycles. The topological polar surface area (TPSA) is 258 Å². The highest BCUT2D eigenvalue weighted by Crippen LogP contribution is 2.29. The van der Waals surface area contributed by atoms with Crippen molar-refractivity contribution in [2.75, 3.05) is 94.1 Å². The molecule has 3 saturated heterocycles. The van der Waals surface area contributed by atoms with Crippen LogP contribution in [0.5, 0.6) is 0 Å². The maximum Gasteiger partial charge on any atom is 0.410 e. The van der Waals surface area contributed by atoms with Gasteiger partial charge in [-0.2, -0.15) is 0 Å². The van der Waals surface area contributed by atoms with Crippen molar-refractivity contribution in [1.29, 1.82) is 0 Å². The predicted octanol–water partition coefficient (Wildman–Crippen LogP) is 9.27. The quantitative estimate of drug-likeness (QED) is 0.107. The van der Waals surface area contributed by atoms with Gasteiger partial charge in [0.1, 0.15) is 45.4 Å². The first-order valence-electron chi connectivity index (χ1n) is 21.3. The Morgan fingerprint density at radius 3 is 1.23 bits per heavy atom. The summed E-state index contributed by atoms with van der Waals surface area (Å²) in [5, 5.41) is 24.1. The van der Waals surface area contributed by atoms with E-state index >= 15 is 0 Å². The van der Waals surface area contributed by atoms with Gasteiger partial charge in [-0.15, -0.1) is 0 Å². The van der Waals surface area contributed by atoms with Gasteiger partial charge in [-0.1, -0.05) is 7.43 Å². The molecule has 0 atom stereocenters. The van der Waals surface area contributed by atoms with Crippen molar-refractivity contribution in [1.82, 2.24) is 35.0 Å². The van der Waals surface area contributed by atoms with Gasteiger partial charge in [0.05, 0.1) is 35.1 Å². The van der Waals surface area contributed by atoms with Gasteiger partial charge in [0.25, 0.3) is 11.4 Å². The number of hydrogen-bond donors (Lipinski definition) is 2. The molecule has 3 aromatic heterocycles. The number of aromatic nitrogens is 3. The Hall–Kier alpha value is -4.66. The highest BCUT2D eigenvalue weighted by atomic mass is 79.9. The molecule has 0 unspecified atom stereocenters. The minimum atomic E-state index is -0.517. The van der Waals surface area contributed by atoms with Crippen LogP contribution in [0.3, 0.4) is 0 Å². The number of carbonyl (C=O) groups is 3. The Balaban J connectivity index is 0.000000327. The summed E-state index contributed by atoms with van der Waals surface area (Å²) in [7, 11) is 0. The zero-order valence-corrected chi connectivity index (χ0v) is 45.9. The van der Waals surface area contributed by atoms with Gasteiger partial charge in [-0.05, 0) is 132 Å². The van der Waals surface area contributed by atoms with Gasteiger partial charge in [-0.25, -0.2) is 29.3 Å². The fourth-order valence-corrected chi connectivity index (χ4v) is 7.73. The number of ether oxygens (including phenoxy) is 3. The Morgan fingerprint density at radius 1 is 0.565 bits per heavy atom. The summed E-state index contributed by atoms with van der Waals surface area (Å²) in [5.41, 5.74) is 4.86. The van der Waals surface area contributed by atoms with Gasteiger partial charge in [0.15, 0.2) is 0 Å². The molecule has 3 aliphatic rings. The number of nitrogens with two attached hydrogens (primary N) is 1. The van der Waals surface area contributed by atoms with Crippen LogP contribution in [0.1, 0.15) is 69.7 Å². The minimum Gasteiger partial charge on any atom is -0.444 e. The molecule has 3 amide bonds. The van der Waals surface area contributed by atoms with Gasteiger partial charge in [0.2, 0.25) is 0 Å². The van der Waals surface area contributed by atoms with E-state index in [0.29, 0.717) is 64.3 Å². The highest BCUT2D eigenvalue weighted by Gasteiger charge is 2.29. The van der Waals surface area contributed by atoms with Crippen molar-refractivity contribution in [2.24, 2.45) is 0 Å². The van der Waals surface area contributed by atoms with E-state index in [-0.39, 0.29) is 42.7 Å². The summed E-state index contributed by atoms with van der Waals surface area (Å²) < 4.78 is 18.5. The van der Waals surface area contributed by atoms with Gasteiger partial charge in [0, 0.05) is 90.7 Å². The number of carbonyl (C=O) groups excluding carboxylic acids is 3. The second kappa shape index (κ2) is 27.1. The number of rotatable bonds is 4. The average Bonchev–Trinajstić information content (AvgIpc) is 3.24. The normalized spacial score (nSPS) is 15.1. The van der Waals surface area contributed by atoms with Gasteiger partial charge < -0.3 is 49.8 Å². The molecule has 3 N–H and O–H groups in total. The Labute approximate surface area is 437 Å². The lowest BCUT2D eigenvalue weighted by molar-refractivity contribution is -0.385. The molecule has 3 aromatic rings. The fourth-order valence-electron chi connectivity index (χ4n) is 5.97. The van der Waals surface area contributed by atoms with Gasteiger partial charge >= 0.3 is 18.3 Å². The second-order valence-electron chi connectivity index (χ2n) is 18.2. The second-order valence-corrected chi connectivity index (χ2v) is 21.5. The third-order valence-electron chi connectivity index (χ3n) is 9.08. The van der Waals surface area contributed by atoms with Crippen LogP contribution < -0.4 is 20.9 Å². The summed E-state index contributed by atoms with van der Waals surface area (Å²) in [4.78, 5) is 77.0. The number of anilines is 3. The molecule has 22 nitrogen and oxygen atoms in total. The molecule has 0 saturated carbocycles. The lowest BCUT2D eigenvalue weighted by Gasteiger charge is -2.36. The van der Waals surface area contributed by atoms with E-state index in [2.05, 4.69) is 88.9 Å². The minimum absolute atomic E-state index is 0. The molecule has 0 radical (unpaired) electrons. The summed E-state index contributed by atoms with van der Waals surface area (Å²) in [6.07, 6.45) is 3.28. The van der Waals surface area contributed by atoms with Gasteiger partial charge in [-0.3, -0.25) is 20.2 Å². The number of nitrogens with one attached hydrogen (secondary N) is 1. The van der Waals surface area contributed by atoms with E-state index in [1.165, 1.54) is 24.5 Å². The lowest BCUT2D eigenvalue weighted by Crippen LogP contribution is -2.50. The van der Waals surface area contributed by atoms with Crippen molar-refractivity contribution in [3.63, 3.8) is 0 Å². The van der Waals surface area contributed by atoms with Crippen molar-refractivity contribution in [2.45, 2.75) is 86.5 Å². The number of amides is 3. The molecule has 0 aromatic carbocycles. The van der Waals surface area contributed by atoms with Crippen LogP contribution in [0.15, 0.2) is 54.8 Å². The summed E-state index contributed by atoms with van der Waals surface area (Å²) in [6.45, 7) is 24.8. The first-order valence-corrected chi connectivity index (χ1v) is 24.5. The smallest absolute Gasteiger partial charge is 0.410 e. The lowest BCUT2D eigenvalue weighted by atomic mass is 10.2. The number of piperazine rings is 3. The van der Waals surface area contributed by atoms with Crippen LogP contribution in [0, 0.1) is 20.2 Å². The van der Waals surface area contributed by atoms with Crippen molar-refractivity contribution in [3.8, 4) is 0 Å². The van der Waals surface area contributed by atoms with Crippen LogP contribution >= 0.6 is 63.7 Å². The number of nitro groups is 2. The Morgan fingerprint density at radius 2 is 0.899 bits per heavy atom. The molecule has 3 fully saturated rings. The zero-order chi connectivity index (χ0) is 51.1. The molecule has 384 valence electrons. The largest absolute Gasteiger partial charge is 0.444 e. The molecular weight excluding hydrogens is 1160 g/mol. The molecule has 69 heavy (non-hydrogen) atoms. The van der Waals surface area contributed by atoms with Crippen LogP contribution in [0.25, 0.3) is 0 Å². The van der Waals surface area contributed by atoms with Crippen LogP contribution in [0.4, 0.5) is 43.1 Å². The predicted molar refractivity (Wildman–Crippen MR) is 279 cm³/mol. The average molecular weight is 1230 g/mol. The molecule has 26 heteroatoms. The van der Waals surface area contributed by atoms with E-state index in [9.17, 15) is 34.6 Å². The van der Waals surface area contributed by atoms with E-state index in [0.717, 1.165) is 49.6 Å². The number of nitrogen functional groups attached to an aromatic ring is 1. The first kappa shape index (κ1) is 60.5. The van der Waals surface area contributed by atoms with E-state index in [4.69, 9.17) is 19.9 Å². The first-order chi connectivity index (χ1) is 31.5. The van der Waals surface area contributed by atoms with Crippen LogP contribution in [-0.4, -0.2) is 153 Å². The highest BCUT2D eigenvalue weighted by molar-refractivity contribution is 9.13. The molecule has 0 bridgehead atoms. The van der Waals surface area contributed by atoms with E-state index < -0.39 is 21.0 Å². The van der Waals surface area contributed by atoms with Crippen LogP contribution in [-0.2, 0) is 14.2 Å². The third kappa shape index (κ3) is 21.5. The number of halogens is 4. The molecule has 6 rings (SSSR count). The standard InChI is InChI=1S/C14H19BrN4O4.C14H21BrN4O2.C9H18N2O2.C5H2Br2N2O2.CH4/c1-14(2,3)23-13(20)18-6-4-17(5-7-18)12-11(15)8-10(9-16-12)19(21)22;1-14(2,3)21-13(20)19-6-4-18(5-7-19)12-11(15)8-10(16)9-17-12;1-9(2,3)13-8(12)11-6-4-10-5-7-11;6-4-1-3(9(10)11)2-8-5(4)7;/h8-9H,4-7H2,1-3H3;8-9H,4-7,16H2,1-3H3;10H,4-7H2,1-3H3;1-2H;1H4. The Bertz CT molecular complexity index is 2200. The summed E-state index contributed by atoms with van der Waals surface area (Å²) in [6, 6.07) is 4.65. The maximum absolute atomic E-state index is 12.0.